The number of rotatable bonds is 4. The van der Waals surface area contributed by atoms with Gasteiger partial charge in [-0.05, 0) is 38.0 Å². The first-order valence-electron chi connectivity index (χ1n) is 7.43. The van der Waals surface area contributed by atoms with E-state index in [0.29, 0.717) is 16.2 Å². The van der Waals surface area contributed by atoms with Crippen molar-refractivity contribution >= 4 is 23.0 Å². The van der Waals surface area contributed by atoms with Crippen LogP contribution in [0.2, 0.25) is 5.02 Å². The summed E-state index contributed by atoms with van der Waals surface area (Å²) in [5.74, 6) is -1.03. The van der Waals surface area contributed by atoms with Gasteiger partial charge in [0.25, 0.3) is 0 Å². The number of carbonyl (C=O) groups is 1. The molecule has 6 heteroatoms. The lowest BCUT2D eigenvalue weighted by molar-refractivity contribution is -0.558. The minimum Gasteiger partial charge on any atom is -0.389 e. The van der Waals surface area contributed by atoms with Crippen LogP contribution in [0.5, 0.6) is 0 Å². The van der Waals surface area contributed by atoms with Gasteiger partial charge in [-0.2, -0.15) is 0 Å². The van der Waals surface area contributed by atoms with E-state index in [4.69, 9.17) is 11.6 Å². The Kier molecular flexibility index (Phi) is 4.64. The van der Waals surface area contributed by atoms with Crippen LogP contribution in [0.25, 0.3) is 5.57 Å². The normalized spacial score (nSPS) is 30.7. The van der Waals surface area contributed by atoms with Gasteiger partial charge >= 0.3 is 0 Å². The van der Waals surface area contributed by atoms with Crippen molar-refractivity contribution in [1.82, 2.24) is 0 Å². The number of Topliss-reactive ketones (excluding diaryl/α,β-unsaturated/α-hetero) is 1. The van der Waals surface area contributed by atoms with E-state index in [1.165, 1.54) is 6.92 Å². The molecule has 0 unspecified atom stereocenters. The summed E-state index contributed by atoms with van der Waals surface area (Å²) in [5, 5.41) is 22.8. The Balaban J connectivity index is 2.44. The van der Waals surface area contributed by atoms with Crippen LogP contribution in [-0.2, 0) is 4.79 Å². The lowest BCUT2D eigenvalue weighted by atomic mass is 9.64. The molecule has 1 N–H and O–H groups in total. The first kappa shape index (κ1) is 17.6. The summed E-state index contributed by atoms with van der Waals surface area (Å²) in [6.07, 6.45) is 0.257. The quantitative estimate of drug-likeness (QED) is 0.673. The van der Waals surface area contributed by atoms with Crippen molar-refractivity contribution in [3.05, 3.63) is 51.5 Å². The van der Waals surface area contributed by atoms with Gasteiger partial charge in [0, 0.05) is 28.4 Å². The molecule has 0 aliphatic heterocycles. The SMILES string of the molecule is C=C(c1ccc(Cl)cc1)[C@@]1([N+](=O)[O-])CC[C@@](C)(O)[C@@H](C(C)=O)C1. The molecule has 0 bridgehead atoms. The number of hydrogen-bond donors (Lipinski definition) is 1. The third kappa shape index (κ3) is 3.16. The molecular formula is C17H20ClNO4. The Morgan fingerprint density at radius 2 is 1.96 bits per heavy atom. The fourth-order valence-electron chi connectivity index (χ4n) is 3.35. The lowest BCUT2D eigenvalue weighted by Crippen LogP contribution is -2.54. The minimum absolute atomic E-state index is 0.0518. The Bertz CT molecular complexity index is 653. The zero-order chi connectivity index (χ0) is 17.4. The fourth-order valence-corrected chi connectivity index (χ4v) is 3.47. The maximum atomic E-state index is 11.9. The molecule has 1 aromatic carbocycles. The molecule has 23 heavy (non-hydrogen) atoms. The first-order valence-corrected chi connectivity index (χ1v) is 7.80. The Labute approximate surface area is 140 Å². The maximum absolute atomic E-state index is 11.9. The maximum Gasteiger partial charge on any atom is 0.248 e. The van der Waals surface area contributed by atoms with Gasteiger partial charge in [0.1, 0.15) is 5.78 Å². The number of nitrogens with zero attached hydrogens (tertiary/aromatic N) is 1. The first-order chi connectivity index (χ1) is 10.6. The summed E-state index contributed by atoms with van der Waals surface area (Å²) in [5.41, 5.74) is -1.71. The van der Waals surface area contributed by atoms with Crippen molar-refractivity contribution in [1.29, 1.82) is 0 Å². The van der Waals surface area contributed by atoms with E-state index in [9.17, 15) is 20.0 Å². The topological polar surface area (TPSA) is 80.4 Å². The van der Waals surface area contributed by atoms with Gasteiger partial charge < -0.3 is 5.11 Å². The van der Waals surface area contributed by atoms with E-state index in [-0.39, 0.29) is 30.0 Å². The molecule has 0 heterocycles. The Morgan fingerprint density at radius 3 is 2.43 bits per heavy atom. The van der Waals surface area contributed by atoms with Crippen LogP contribution >= 0.6 is 11.6 Å². The summed E-state index contributed by atoms with van der Waals surface area (Å²) < 4.78 is 0. The van der Waals surface area contributed by atoms with Crippen LogP contribution in [0, 0.1) is 16.0 Å². The van der Waals surface area contributed by atoms with Gasteiger partial charge in [-0.3, -0.25) is 14.9 Å². The molecule has 0 amide bonds. The van der Waals surface area contributed by atoms with Crippen LogP contribution in [-0.4, -0.2) is 27.0 Å². The summed E-state index contributed by atoms with van der Waals surface area (Å²) in [4.78, 5) is 23.4. The highest BCUT2D eigenvalue weighted by Gasteiger charge is 2.56. The van der Waals surface area contributed by atoms with Crippen molar-refractivity contribution in [2.75, 3.05) is 0 Å². The highest BCUT2D eigenvalue weighted by Crippen LogP contribution is 2.47. The van der Waals surface area contributed by atoms with Gasteiger partial charge in [-0.15, -0.1) is 0 Å². The number of carbonyl (C=O) groups excluding carboxylic acids is 1. The molecule has 1 aliphatic carbocycles. The summed E-state index contributed by atoms with van der Waals surface area (Å²) in [7, 11) is 0. The number of halogens is 1. The van der Waals surface area contributed by atoms with Crippen LogP contribution in [0.15, 0.2) is 30.8 Å². The average Bonchev–Trinajstić information content (AvgIpc) is 2.46. The van der Waals surface area contributed by atoms with E-state index in [0.717, 1.165) is 0 Å². The van der Waals surface area contributed by atoms with Crippen molar-refractivity contribution in [2.24, 2.45) is 5.92 Å². The minimum atomic E-state index is -1.45. The van der Waals surface area contributed by atoms with E-state index in [1.54, 1.807) is 31.2 Å². The molecule has 1 fully saturated rings. The molecule has 0 aromatic heterocycles. The molecule has 124 valence electrons. The van der Waals surface area contributed by atoms with Gasteiger partial charge in [0.2, 0.25) is 5.54 Å². The summed E-state index contributed by atoms with van der Waals surface area (Å²) >= 11 is 5.86. The Morgan fingerprint density at radius 1 is 1.39 bits per heavy atom. The highest BCUT2D eigenvalue weighted by molar-refractivity contribution is 6.30. The molecule has 3 atom stereocenters. The molecule has 0 saturated heterocycles. The van der Waals surface area contributed by atoms with Gasteiger partial charge in [-0.1, -0.05) is 30.3 Å². The van der Waals surface area contributed by atoms with Crippen LogP contribution in [0.4, 0.5) is 0 Å². The Hall–Kier alpha value is -1.72. The molecular weight excluding hydrogens is 318 g/mol. The van der Waals surface area contributed by atoms with Crippen molar-refractivity contribution in [3.63, 3.8) is 0 Å². The predicted molar refractivity (Wildman–Crippen MR) is 88.9 cm³/mol. The predicted octanol–water partition coefficient (Wildman–Crippen LogP) is 3.51. The molecule has 0 radical (unpaired) electrons. The number of benzene rings is 1. The van der Waals surface area contributed by atoms with Crippen molar-refractivity contribution in [2.45, 2.75) is 44.2 Å². The number of aliphatic hydroxyl groups is 1. The van der Waals surface area contributed by atoms with E-state index < -0.39 is 17.1 Å². The highest BCUT2D eigenvalue weighted by atomic mass is 35.5. The second-order valence-electron chi connectivity index (χ2n) is 6.50. The van der Waals surface area contributed by atoms with Crippen molar-refractivity contribution < 1.29 is 14.8 Å². The third-order valence-electron chi connectivity index (χ3n) is 4.93. The standard InChI is InChI=1S/C17H20ClNO4/c1-11(13-4-6-14(18)7-5-13)17(19(22)23)9-8-16(3,21)15(10-17)12(2)20/h4-7,15,21H,1,8-10H2,2-3H3/t15-,16-,17-/m1/s1. The fraction of sp³-hybridized carbons (Fsp3) is 0.471. The van der Waals surface area contributed by atoms with E-state index in [2.05, 4.69) is 6.58 Å². The van der Waals surface area contributed by atoms with Crippen LogP contribution in [0.1, 0.15) is 38.7 Å². The summed E-state index contributed by atoms with van der Waals surface area (Å²) in [6.45, 7) is 6.86. The van der Waals surface area contributed by atoms with Crippen LogP contribution < -0.4 is 0 Å². The third-order valence-corrected chi connectivity index (χ3v) is 5.18. The van der Waals surface area contributed by atoms with E-state index >= 15 is 0 Å². The summed E-state index contributed by atoms with van der Waals surface area (Å²) in [6, 6.07) is 6.67. The molecule has 1 saturated carbocycles. The van der Waals surface area contributed by atoms with E-state index in [1.807, 2.05) is 0 Å². The molecule has 0 spiro atoms. The largest absolute Gasteiger partial charge is 0.389 e. The van der Waals surface area contributed by atoms with Gasteiger partial charge in [0.15, 0.2) is 0 Å². The van der Waals surface area contributed by atoms with Gasteiger partial charge in [-0.25, -0.2) is 0 Å². The lowest BCUT2D eigenvalue weighted by Gasteiger charge is -2.42. The molecule has 5 nitrogen and oxygen atoms in total. The zero-order valence-corrected chi connectivity index (χ0v) is 14.0. The number of hydrogen-bond acceptors (Lipinski definition) is 4. The van der Waals surface area contributed by atoms with Gasteiger partial charge in [0.05, 0.1) is 11.5 Å². The second kappa shape index (κ2) is 6.06. The molecule has 1 aliphatic rings. The average molecular weight is 338 g/mol. The monoisotopic (exact) mass is 337 g/mol. The van der Waals surface area contributed by atoms with Crippen LogP contribution in [0.3, 0.4) is 0 Å². The second-order valence-corrected chi connectivity index (χ2v) is 6.94. The zero-order valence-electron chi connectivity index (χ0n) is 13.2. The number of nitro groups is 1. The molecule has 2 rings (SSSR count). The molecule has 1 aromatic rings. The smallest absolute Gasteiger partial charge is 0.248 e. The van der Waals surface area contributed by atoms with Crippen molar-refractivity contribution in [3.8, 4) is 0 Å². The number of ketones is 1.